The minimum atomic E-state index is -5.02. The largest absolute Gasteiger partial charge is 0.423 e. The maximum Gasteiger partial charge on any atom is 0.423 e. The molecule has 0 amide bonds. The lowest BCUT2D eigenvalue weighted by Crippen LogP contribution is -2.38. The van der Waals surface area contributed by atoms with Crippen LogP contribution in [-0.4, -0.2) is 31.9 Å². The first kappa shape index (κ1) is 22.4. The quantitative estimate of drug-likeness (QED) is 0.390. The van der Waals surface area contributed by atoms with Crippen molar-refractivity contribution < 1.29 is 30.9 Å². The molecule has 12 heteroatoms. The van der Waals surface area contributed by atoms with Crippen molar-refractivity contribution in [3.05, 3.63) is 39.6 Å². The summed E-state index contributed by atoms with van der Waals surface area (Å²) in [6.07, 6.45) is -4.16. The molecule has 7 nitrogen and oxygen atoms in total. The number of rotatable bonds is 5. The van der Waals surface area contributed by atoms with E-state index >= 15 is 0 Å². The van der Waals surface area contributed by atoms with E-state index in [0.717, 1.165) is 16.3 Å². The molecule has 0 fully saturated rings. The van der Waals surface area contributed by atoms with Gasteiger partial charge in [0.2, 0.25) is 10.0 Å². The summed E-state index contributed by atoms with van der Waals surface area (Å²) < 4.78 is 71.7. The molecule has 1 aromatic carbocycles. The molecule has 0 N–H and O–H groups in total. The highest BCUT2D eigenvalue weighted by atomic mass is 32.2. The molecule has 1 aromatic heterocycles. The predicted octanol–water partition coefficient (Wildman–Crippen LogP) is 4.46. The third kappa shape index (κ3) is 4.38. The number of fused-ring (bicyclic) bond motifs is 1. The third-order valence-corrected chi connectivity index (χ3v) is 6.07. The van der Waals surface area contributed by atoms with Gasteiger partial charge < -0.3 is 4.43 Å². The molecule has 0 radical (unpaired) electrons. The molecule has 0 aliphatic carbocycles. The van der Waals surface area contributed by atoms with Gasteiger partial charge >= 0.3 is 6.18 Å². The Hall–Kier alpha value is -1.92. The van der Waals surface area contributed by atoms with Crippen LogP contribution in [0.25, 0.3) is 10.9 Å². The van der Waals surface area contributed by atoms with Gasteiger partial charge in [-0.2, -0.15) is 13.2 Å². The fourth-order valence-electron chi connectivity index (χ4n) is 3.19. The monoisotopic (exact) mass is 438 g/mol. The third-order valence-electron chi connectivity index (χ3n) is 3.89. The molecule has 0 aliphatic heterocycles. The molecule has 0 bridgehead atoms. The van der Waals surface area contributed by atoms with Crippen LogP contribution in [0.2, 0.25) is 19.6 Å². The van der Waals surface area contributed by atoms with E-state index < -0.39 is 46.3 Å². The Morgan fingerprint density at radius 2 is 1.68 bits per heavy atom. The highest BCUT2D eigenvalue weighted by Gasteiger charge is 2.41. The van der Waals surface area contributed by atoms with Crippen LogP contribution in [0.4, 0.5) is 18.9 Å². The lowest BCUT2D eigenvalue weighted by Gasteiger charge is -2.33. The number of nitro groups is 1. The zero-order chi connectivity index (χ0) is 21.9. The van der Waals surface area contributed by atoms with Crippen molar-refractivity contribution in [1.82, 2.24) is 3.97 Å². The van der Waals surface area contributed by atoms with Crippen LogP contribution in [-0.2, 0) is 26.2 Å². The van der Waals surface area contributed by atoms with Gasteiger partial charge in [0.25, 0.3) is 5.69 Å². The zero-order valence-electron chi connectivity index (χ0n) is 16.2. The van der Waals surface area contributed by atoms with Crippen LogP contribution in [0.3, 0.4) is 0 Å². The van der Waals surface area contributed by atoms with Gasteiger partial charge in [-0.05, 0) is 45.6 Å². The molecule has 0 aliphatic rings. The minimum Gasteiger partial charge on any atom is -0.407 e. The zero-order valence-corrected chi connectivity index (χ0v) is 18.0. The molecule has 0 saturated heterocycles. The van der Waals surface area contributed by atoms with Gasteiger partial charge in [0.15, 0.2) is 8.32 Å². The number of aromatic nitrogens is 1. The molecule has 28 heavy (non-hydrogen) atoms. The van der Waals surface area contributed by atoms with E-state index in [4.69, 9.17) is 4.43 Å². The molecule has 0 spiro atoms. The second-order valence-corrected chi connectivity index (χ2v) is 14.2. The van der Waals surface area contributed by atoms with Crippen molar-refractivity contribution in [2.45, 2.75) is 45.3 Å². The molecule has 2 aromatic rings. The van der Waals surface area contributed by atoms with E-state index in [9.17, 15) is 31.7 Å². The van der Waals surface area contributed by atoms with Gasteiger partial charge in [-0.1, -0.05) is 0 Å². The van der Waals surface area contributed by atoms with E-state index in [-0.39, 0.29) is 16.6 Å². The Bertz CT molecular complexity index is 1050. The van der Waals surface area contributed by atoms with E-state index in [0.29, 0.717) is 6.07 Å². The van der Waals surface area contributed by atoms with Crippen molar-refractivity contribution >= 4 is 34.9 Å². The normalized spacial score (nSPS) is 13.9. The first-order chi connectivity index (χ1) is 12.3. The van der Waals surface area contributed by atoms with E-state index in [1.807, 2.05) is 19.6 Å². The summed E-state index contributed by atoms with van der Waals surface area (Å²) >= 11 is 0. The summed E-state index contributed by atoms with van der Waals surface area (Å²) in [5, 5.41) is 11.2. The lowest BCUT2D eigenvalue weighted by molar-refractivity contribution is -0.387. The van der Waals surface area contributed by atoms with Crippen molar-refractivity contribution in [3.8, 4) is 0 Å². The van der Waals surface area contributed by atoms with Crippen molar-refractivity contribution in [3.63, 3.8) is 0 Å². The Morgan fingerprint density at radius 3 is 2.07 bits per heavy atom. The smallest absolute Gasteiger partial charge is 0.407 e. The molecular formula is C16H21F3N2O5SSi. The van der Waals surface area contributed by atoms with Crippen LogP contribution in [0.1, 0.15) is 25.1 Å². The van der Waals surface area contributed by atoms with Crippen molar-refractivity contribution in [2.24, 2.45) is 0 Å². The summed E-state index contributed by atoms with van der Waals surface area (Å²) in [5.74, 6) is 0. The highest BCUT2D eigenvalue weighted by Crippen LogP contribution is 2.41. The minimum absolute atomic E-state index is 0.00683. The number of benzene rings is 1. The fraction of sp³-hybridized carbons (Fsp3) is 0.500. The average Bonchev–Trinajstić information content (AvgIpc) is 2.81. The number of hydrogen-bond donors (Lipinski definition) is 0. The number of halogens is 3. The number of nitro benzene ring substituents is 1. The van der Waals surface area contributed by atoms with E-state index in [2.05, 4.69) is 0 Å². The van der Waals surface area contributed by atoms with Gasteiger partial charge in [-0.15, -0.1) is 0 Å². The van der Waals surface area contributed by atoms with E-state index in [1.165, 1.54) is 6.07 Å². The maximum atomic E-state index is 13.3. The molecule has 1 heterocycles. The van der Waals surface area contributed by atoms with Crippen molar-refractivity contribution in [2.75, 3.05) is 6.26 Å². The van der Waals surface area contributed by atoms with Gasteiger partial charge in [-0.3, -0.25) is 10.1 Å². The maximum absolute atomic E-state index is 13.3. The predicted molar refractivity (Wildman–Crippen MR) is 101 cm³/mol. The van der Waals surface area contributed by atoms with Crippen LogP contribution < -0.4 is 0 Å². The van der Waals surface area contributed by atoms with Gasteiger partial charge in [0.05, 0.1) is 28.0 Å². The molecule has 0 unspecified atom stereocenters. The summed E-state index contributed by atoms with van der Waals surface area (Å²) in [5.41, 5.74) is -3.99. The Morgan fingerprint density at radius 1 is 1.14 bits per heavy atom. The van der Waals surface area contributed by atoms with Gasteiger partial charge in [-0.25, -0.2) is 12.4 Å². The van der Waals surface area contributed by atoms with Crippen LogP contribution in [0.15, 0.2) is 18.2 Å². The van der Waals surface area contributed by atoms with Crippen LogP contribution in [0.5, 0.6) is 0 Å². The standard InChI is InChI=1S/C16H21F3N2O5SSi/c1-15(2,26-28(4,5)6)14-8-10-7-13(21(22)23)11(16(17,18)19)9-12(10)20(14)27(3,24)25/h7-9H,1-6H3. The Kier molecular flexibility index (Phi) is 5.24. The summed E-state index contributed by atoms with van der Waals surface area (Å²) in [6.45, 7) is 8.87. The Labute approximate surface area is 161 Å². The number of hydrogen-bond acceptors (Lipinski definition) is 5. The lowest BCUT2D eigenvalue weighted by atomic mass is 10.1. The second-order valence-electron chi connectivity index (χ2n) is 7.96. The highest BCUT2D eigenvalue weighted by molar-refractivity contribution is 7.89. The first-order valence-electron chi connectivity index (χ1n) is 8.17. The van der Waals surface area contributed by atoms with Crippen LogP contribution in [0, 0.1) is 10.1 Å². The van der Waals surface area contributed by atoms with E-state index in [1.54, 1.807) is 13.8 Å². The molecule has 156 valence electrons. The molecule has 0 atom stereocenters. The van der Waals surface area contributed by atoms with Crippen molar-refractivity contribution in [1.29, 1.82) is 0 Å². The molecule has 2 rings (SSSR count). The summed E-state index contributed by atoms with van der Waals surface area (Å²) in [4.78, 5) is 10.0. The summed E-state index contributed by atoms with van der Waals surface area (Å²) in [6, 6.07) is 2.57. The fourth-order valence-corrected chi connectivity index (χ4v) is 5.97. The topological polar surface area (TPSA) is 91.4 Å². The average molecular weight is 439 g/mol. The molecule has 0 saturated carbocycles. The van der Waals surface area contributed by atoms with Gasteiger partial charge in [0.1, 0.15) is 5.56 Å². The summed E-state index contributed by atoms with van der Waals surface area (Å²) in [7, 11) is -6.21. The SMILES string of the molecule is CC(C)(O[Si](C)(C)C)c1cc2cc([N+](=O)[O-])c(C(F)(F)F)cc2n1S(C)(=O)=O. The second kappa shape index (κ2) is 6.56. The van der Waals surface area contributed by atoms with Gasteiger partial charge in [0, 0.05) is 11.5 Å². The number of alkyl halides is 3. The van der Waals surface area contributed by atoms with Crippen LogP contribution >= 0.6 is 0 Å². The Balaban J connectivity index is 2.97. The molecular weight excluding hydrogens is 417 g/mol. The first-order valence-corrected chi connectivity index (χ1v) is 13.4. The number of nitrogens with zero attached hydrogens (tertiary/aromatic N) is 2.